The lowest BCUT2D eigenvalue weighted by Gasteiger charge is -2.24. The lowest BCUT2D eigenvalue weighted by atomic mass is 9.89. The van der Waals surface area contributed by atoms with Crippen molar-refractivity contribution in [3.05, 3.63) is 29.8 Å². The molecule has 0 aliphatic heterocycles. The number of para-hydroxylation sites is 1. The Morgan fingerprint density at radius 2 is 2.05 bits per heavy atom. The van der Waals surface area contributed by atoms with Gasteiger partial charge in [0.15, 0.2) is 0 Å². The van der Waals surface area contributed by atoms with Crippen molar-refractivity contribution < 1.29 is 9.53 Å². The second kappa shape index (κ2) is 7.90. The fourth-order valence-corrected chi connectivity index (χ4v) is 1.90. The second-order valence-corrected chi connectivity index (χ2v) is 5.88. The van der Waals surface area contributed by atoms with Crippen LogP contribution in [0.25, 0.3) is 0 Å². The molecule has 0 bridgehead atoms. The second-order valence-electron chi connectivity index (χ2n) is 5.88. The van der Waals surface area contributed by atoms with Crippen LogP contribution in [0.15, 0.2) is 24.3 Å². The predicted molar refractivity (Wildman–Crippen MR) is 82.5 cm³/mol. The molecule has 4 heteroatoms. The molecule has 1 amide bonds. The Kier molecular flexibility index (Phi) is 6.52. The molecule has 0 unspecified atom stereocenters. The Bertz CT molecular complexity index is 430. The molecule has 0 aliphatic rings. The molecule has 0 radical (unpaired) electrons. The maximum absolute atomic E-state index is 11.9. The number of aryl methyl sites for hydroxylation is 1. The summed E-state index contributed by atoms with van der Waals surface area (Å²) in [6.45, 7) is 5.63. The van der Waals surface area contributed by atoms with Crippen molar-refractivity contribution >= 4 is 11.6 Å². The standard InChI is InChI=1S/C16H26N2O2/c1-16(2,10-11-20-3)12-18-15(19)9-8-13-6-4-5-7-14(13)17/h4-7H,8-12,17H2,1-3H3,(H,18,19). The zero-order valence-electron chi connectivity index (χ0n) is 12.7. The predicted octanol–water partition coefficient (Wildman–Crippen LogP) is 2.38. The van der Waals surface area contributed by atoms with E-state index in [4.69, 9.17) is 10.5 Å². The van der Waals surface area contributed by atoms with Crippen molar-refractivity contribution in [3.8, 4) is 0 Å². The third-order valence-corrected chi connectivity index (χ3v) is 3.42. The third-order valence-electron chi connectivity index (χ3n) is 3.42. The number of nitrogen functional groups attached to an aromatic ring is 1. The first-order chi connectivity index (χ1) is 9.44. The number of carbonyl (C=O) groups is 1. The van der Waals surface area contributed by atoms with Gasteiger partial charge in [0, 0.05) is 32.4 Å². The summed E-state index contributed by atoms with van der Waals surface area (Å²) >= 11 is 0. The molecule has 112 valence electrons. The highest BCUT2D eigenvalue weighted by molar-refractivity contribution is 5.76. The van der Waals surface area contributed by atoms with Gasteiger partial charge in [0.1, 0.15) is 0 Å². The van der Waals surface area contributed by atoms with Crippen LogP contribution in [0.2, 0.25) is 0 Å². The SMILES string of the molecule is COCCC(C)(C)CNC(=O)CCc1ccccc1N. The number of hydrogen-bond acceptors (Lipinski definition) is 3. The van der Waals surface area contributed by atoms with E-state index < -0.39 is 0 Å². The highest BCUT2D eigenvalue weighted by Gasteiger charge is 2.18. The van der Waals surface area contributed by atoms with Gasteiger partial charge in [0.25, 0.3) is 0 Å². The maximum atomic E-state index is 11.9. The molecule has 1 rings (SSSR count). The first kappa shape index (κ1) is 16.5. The Labute approximate surface area is 121 Å². The number of ether oxygens (including phenoxy) is 1. The lowest BCUT2D eigenvalue weighted by Crippen LogP contribution is -2.34. The number of anilines is 1. The van der Waals surface area contributed by atoms with Crippen LogP contribution >= 0.6 is 0 Å². The first-order valence-electron chi connectivity index (χ1n) is 7.03. The van der Waals surface area contributed by atoms with E-state index in [9.17, 15) is 4.79 Å². The van der Waals surface area contributed by atoms with Gasteiger partial charge >= 0.3 is 0 Å². The smallest absolute Gasteiger partial charge is 0.220 e. The summed E-state index contributed by atoms with van der Waals surface area (Å²) < 4.78 is 5.08. The van der Waals surface area contributed by atoms with Crippen molar-refractivity contribution in [3.63, 3.8) is 0 Å². The maximum Gasteiger partial charge on any atom is 0.220 e. The number of nitrogens with one attached hydrogen (secondary N) is 1. The normalized spacial score (nSPS) is 11.3. The molecule has 0 aliphatic carbocycles. The van der Waals surface area contributed by atoms with E-state index in [1.54, 1.807) is 7.11 Å². The van der Waals surface area contributed by atoms with Crippen LogP contribution in [0.3, 0.4) is 0 Å². The summed E-state index contributed by atoms with van der Waals surface area (Å²) in [6.07, 6.45) is 2.07. The van der Waals surface area contributed by atoms with Gasteiger partial charge in [-0.15, -0.1) is 0 Å². The van der Waals surface area contributed by atoms with Crippen molar-refractivity contribution in [1.82, 2.24) is 5.32 Å². The molecule has 0 spiro atoms. The number of methoxy groups -OCH3 is 1. The molecular formula is C16H26N2O2. The van der Waals surface area contributed by atoms with Crippen LogP contribution < -0.4 is 11.1 Å². The summed E-state index contributed by atoms with van der Waals surface area (Å²) in [7, 11) is 1.69. The Morgan fingerprint density at radius 3 is 2.70 bits per heavy atom. The monoisotopic (exact) mass is 278 g/mol. The first-order valence-corrected chi connectivity index (χ1v) is 7.03. The summed E-state index contributed by atoms with van der Waals surface area (Å²) in [5.74, 6) is 0.0683. The quantitative estimate of drug-likeness (QED) is 0.718. The van der Waals surface area contributed by atoms with E-state index in [1.165, 1.54) is 0 Å². The van der Waals surface area contributed by atoms with Gasteiger partial charge in [-0.05, 0) is 29.9 Å². The van der Waals surface area contributed by atoms with Gasteiger partial charge < -0.3 is 15.8 Å². The van der Waals surface area contributed by atoms with Gasteiger partial charge in [0.05, 0.1) is 0 Å². The molecule has 3 N–H and O–H groups in total. The van der Waals surface area contributed by atoms with Crippen LogP contribution in [-0.4, -0.2) is 26.2 Å². The molecule has 0 heterocycles. The Balaban J connectivity index is 2.32. The molecular weight excluding hydrogens is 252 g/mol. The highest BCUT2D eigenvalue weighted by Crippen LogP contribution is 2.19. The highest BCUT2D eigenvalue weighted by atomic mass is 16.5. The van der Waals surface area contributed by atoms with E-state index in [0.717, 1.165) is 17.7 Å². The van der Waals surface area contributed by atoms with Gasteiger partial charge in [-0.1, -0.05) is 32.0 Å². The van der Waals surface area contributed by atoms with E-state index in [0.29, 0.717) is 26.0 Å². The fourth-order valence-electron chi connectivity index (χ4n) is 1.90. The molecule has 20 heavy (non-hydrogen) atoms. The molecule has 1 aromatic rings. The van der Waals surface area contributed by atoms with Crippen LogP contribution in [0.1, 0.15) is 32.3 Å². The topological polar surface area (TPSA) is 64.3 Å². The van der Waals surface area contributed by atoms with Crippen LogP contribution in [0.5, 0.6) is 0 Å². The van der Waals surface area contributed by atoms with E-state index in [1.807, 2.05) is 24.3 Å². The third kappa shape index (κ3) is 6.06. The fraction of sp³-hybridized carbons (Fsp3) is 0.562. The van der Waals surface area contributed by atoms with Gasteiger partial charge in [-0.25, -0.2) is 0 Å². The number of benzene rings is 1. The molecule has 0 atom stereocenters. The van der Waals surface area contributed by atoms with E-state index in [-0.39, 0.29) is 11.3 Å². The minimum Gasteiger partial charge on any atom is -0.399 e. The number of amides is 1. The molecule has 0 fully saturated rings. The van der Waals surface area contributed by atoms with E-state index >= 15 is 0 Å². The Morgan fingerprint density at radius 1 is 1.35 bits per heavy atom. The lowest BCUT2D eigenvalue weighted by molar-refractivity contribution is -0.121. The summed E-state index contributed by atoms with van der Waals surface area (Å²) in [5.41, 5.74) is 7.69. The average molecular weight is 278 g/mol. The number of carbonyl (C=O) groups excluding carboxylic acids is 1. The zero-order chi connectivity index (χ0) is 15.0. The van der Waals surface area contributed by atoms with E-state index in [2.05, 4.69) is 19.2 Å². The number of rotatable bonds is 8. The van der Waals surface area contributed by atoms with Crippen molar-refractivity contribution in [2.75, 3.05) is 26.0 Å². The molecule has 1 aromatic carbocycles. The summed E-state index contributed by atoms with van der Waals surface area (Å²) in [5, 5.41) is 2.99. The Hall–Kier alpha value is -1.55. The minimum absolute atomic E-state index is 0.0530. The largest absolute Gasteiger partial charge is 0.399 e. The molecule has 4 nitrogen and oxygen atoms in total. The average Bonchev–Trinajstić information content (AvgIpc) is 2.42. The zero-order valence-corrected chi connectivity index (χ0v) is 12.7. The minimum atomic E-state index is 0.0530. The van der Waals surface area contributed by atoms with Crippen molar-refractivity contribution in [1.29, 1.82) is 0 Å². The van der Waals surface area contributed by atoms with Gasteiger partial charge in [-0.2, -0.15) is 0 Å². The van der Waals surface area contributed by atoms with Gasteiger partial charge in [0.2, 0.25) is 5.91 Å². The summed E-state index contributed by atoms with van der Waals surface area (Å²) in [4.78, 5) is 11.9. The van der Waals surface area contributed by atoms with Crippen LogP contribution in [0.4, 0.5) is 5.69 Å². The van der Waals surface area contributed by atoms with Crippen molar-refractivity contribution in [2.24, 2.45) is 5.41 Å². The molecule has 0 saturated heterocycles. The number of hydrogen-bond donors (Lipinski definition) is 2. The summed E-state index contributed by atoms with van der Waals surface area (Å²) in [6, 6.07) is 7.67. The van der Waals surface area contributed by atoms with Crippen molar-refractivity contribution in [2.45, 2.75) is 33.1 Å². The molecule has 0 saturated carbocycles. The van der Waals surface area contributed by atoms with Crippen LogP contribution in [-0.2, 0) is 16.0 Å². The number of nitrogens with two attached hydrogens (primary N) is 1. The molecule has 0 aromatic heterocycles. The van der Waals surface area contributed by atoms with Gasteiger partial charge in [-0.3, -0.25) is 4.79 Å². The van der Waals surface area contributed by atoms with Crippen LogP contribution in [0, 0.1) is 5.41 Å².